The lowest BCUT2D eigenvalue weighted by molar-refractivity contribution is 0.221. The van der Waals surface area contributed by atoms with E-state index in [4.69, 9.17) is 14.2 Å². The number of hydrogen-bond acceptors (Lipinski definition) is 6. The molecule has 25 heavy (non-hydrogen) atoms. The van der Waals surface area contributed by atoms with Gasteiger partial charge in [-0.2, -0.15) is 0 Å². The predicted molar refractivity (Wildman–Crippen MR) is 101 cm³/mol. The maximum atomic E-state index is 5.61. The van der Waals surface area contributed by atoms with Gasteiger partial charge in [-0.25, -0.2) is 0 Å². The van der Waals surface area contributed by atoms with Crippen LogP contribution in [-0.2, 0) is 0 Å². The Kier molecular flexibility index (Phi) is 13.8. The van der Waals surface area contributed by atoms with Crippen LogP contribution in [0.25, 0.3) is 0 Å². The highest BCUT2D eigenvalue weighted by Gasteiger charge is 2.10. The fraction of sp³-hybridized carbons (Fsp3) is 0.842. The first-order chi connectivity index (χ1) is 12.0. The summed E-state index contributed by atoms with van der Waals surface area (Å²) in [6.45, 7) is 16.4. The van der Waals surface area contributed by atoms with E-state index < -0.39 is 0 Å². The van der Waals surface area contributed by atoms with E-state index in [0.717, 1.165) is 25.7 Å². The van der Waals surface area contributed by atoms with Crippen molar-refractivity contribution in [1.29, 1.82) is 0 Å². The first kappa shape index (κ1) is 23.4. The summed E-state index contributed by atoms with van der Waals surface area (Å²) in [6.07, 6.45) is 3.90. The highest BCUT2D eigenvalue weighted by atomic mass is 16.5. The average Bonchev–Trinajstić information content (AvgIpc) is 2.56. The molecule has 0 fully saturated rings. The van der Waals surface area contributed by atoms with Crippen LogP contribution in [0.5, 0.6) is 18.0 Å². The van der Waals surface area contributed by atoms with Crippen LogP contribution >= 0.6 is 0 Å². The maximum Gasteiger partial charge on any atom is 0.325 e. The Morgan fingerprint density at radius 1 is 0.680 bits per heavy atom. The highest BCUT2D eigenvalue weighted by Crippen LogP contribution is 2.16. The van der Waals surface area contributed by atoms with Gasteiger partial charge in [0.1, 0.15) is 0 Å². The minimum atomic E-state index is 0.270. The molecule has 0 unspecified atom stereocenters. The van der Waals surface area contributed by atoms with E-state index in [1.165, 1.54) is 0 Å². The van der Waals surface area contributed by atoms with Crippen LogP contribution in [0.2, 0.25) is 0 Å². The second-order valence-corrected chi connectivity index (χ2v) is 6.45. The zero-order valence-electron chi connectivity index (χ0n) is 17.2. The van der Waals surface area contributed by atoms with E-state index >= 15 is 0 Å². The molecule has 0 amide bonds. The number of ether oxygens (including phenoxy) is 3. The van der Waals surface area contributed by atoms with Gasteiger partial charge in [0.2, 0.25) is 0 Å². The lowest BCUT2D eigenvalue weighted by Crippen LogP contribution is -2.10. The highest BCUT2D eigenvalue weighted by molar-refractivity contribution is 5.09. The molecule has 0 saturated heterocycles. The number of rotatable bonds is 12. The van der Waals surface area contributed by atoms with E-state index in [9.17, 15) is 0 Å². The Hall–Kier alpha value is -1.59. The molecule has 6 nitrogen and oxygen atoms in total. The summed E-state index contributed by atoms with van der Waals surface area (Å²) < 4.78 is 16.8. The zero-order chi connectivity index (χ0) is 19.1. The molecule has 0 radical (unpaired) electrons. The molecule has 0 aromatic carbocycles. The summed E-state index contributed by atoms with van der Waals surface area (Å²) in [4.78, 5) is 12.6. The van der Waals surface area contributed by atoms with Gasteiger partial charge < -0.3 is 14.2 Å². The number of aromatic nitrogens is 3. The lowest BCUT2D eigenvalue weighted by Gasteiger charge is -2.11. The Labute approximate surface area is 153 Å². The van der Waals surface area contributed by atoms with Crippen molar-refractivity contribution in [1.82, 2.24) is 15.0 Å². The van der Waals surface area contributed by atoms with Crippen molar-refractivity contribution < 1.29 is 14.2 Å². The quantitative estimate of drug-likeness (QED) is 0.495. The first-order valence-electron chi connectivity index (χ1n) is 9.65. The lowest BCUT2D eigenvalue weighted by atomic mass is 10.1. The second-order valence-electron chi connectivity index (χ2n) is 6.45. The molecule has 0 aliphatic carbocycles. The van der Waals surface area contributed by atoms with E-state index in [1.807, 2.05) is 13.8 Å². The van der Waals surface area contributed by atoms with Crippen molar-refractivity contribution >= 4 is 0 Å². The monoisotopic (exact) mass is 355 g/mol. The number of nitrogens with zero attached hydrogens (tertiary/aromatic N) is 3. The summed E-state index contributed by atoms with van der Waals surface area (Å²) in [5.74, 6) is 1.14. The summed E-state index contributed by atoms with van der Waals surface area (Å²) >= 11 is 0. The van der Waals surface area contributed by atoms with Crippen molar-refractivity contribution in [2.75, 3.05) is 19.8 Å². The van der Waals surface area contributed by atoms with Crippen LogP contribution in [0.3, 0.4) is 0 Å². The van der Waals surface area contributed by atoms with Gasteiger partial charge in [-0.3, -0.25) is 0 Å². The zero-order valence-corrected chi connectivity index (χ0v) is 17.2. The summed E-state index contributed by atoms with van der Waals surface area (Å²) in [7, 11) is 0. The Morgan fingerprint density at radius 3 is 1.36 bits per heavy atom. The van der Waals surface area contributed by atoms with E-state index in [-0.39, 0.29) is 18.0 Å². The Bertz CT molecular complexity index is 408. The molecule has 0 aliphatic rings. The minimum Gasteiger partial charge on any atom is -0.463 e. The van der Waals surface area contributed by atoms with Crippen molar-refractivity contribution in [3.05, 3.63) is 0 Å². The molecular formula is C19H37N3O3. The minimum absolute atomic E-state index is 0.270. The van der Waals surface area contributed by atoms with Gasteiger partial charge in [0.05, 0.1) is 19.8 Å². The molecule has 1 aromatic rings. The molecule has 1 rings (SSSR count). The molecule has 1 aromatic heterocycles. The Balaban J connectivity index is 0.00000277. The van der Waals surface area contributed by atoms with Crippen LogP contribution in [0, 0.1) is 11.8 Å². The van der Waals surface area contributed by atoms with Gasteiger partial charge in [0, 0.05) is 0 Å². The standard InChI is InChI=1S/C17H31N3O3.C2H6/c1-6-7-10-21-15-18-16(22-11-8-13(2)3)20-17(19-15)23-12-9-14(4)5;1-2/h13-14H,6-12H2,1-5H3;1-2H3. The third-order valence-corrected chi connectivity index (χ3v) is 3.16. The SMILES string of the molecule is CC.CCCCOc1nc(OCCC(C)C)nc(OCCC(C)C)n1. The summed E-state index contributed by atoms with van der Waals surface area (Å²) in [5, 5.41) is 0. The van der Waals surface area contributed by atoms with Crippen LogP contribution < -0.4 is 14.2 Å². The predicted octanol–water partition coefficient (Wildman–Crippen LogP) is 4.93. The molecule has 146 valence electrons. The molecule has 6 heteroatoms. The largest absolute Gasteiger partial charge is 0.463 e. The van der Waals surface area contributed by atoms with Crippen LogP contribution in [0.15, 0.2) is 0 Å². The van der Waals surface area contributed by atoms with Crippen molar-refractivity contribution in [2.45, 2.75) is 74.1 Å². The van der Waals surface area contributed by atoms with Crippen LogP contribution in [0.1, 0.15) is 74.1 Å². The third kappa shape index (κ3) is 12.4. The maximum absolute atomic E-state index is 5.61. The smallest absolute Gasteiger partial charge is 0.325 e. The number of unbranched alkanes of at least 4 members (excludes halogenated alkanes) is 1. The Morgan fingerprint density at radius 2 is 1.04 bits per heavy atom. The molecular weight excluding hydrogens is 318 g/mol. The molecule has 0 spiro atoms. The summed E-state index contributed by atoms with van der Waals surface area (Å²) in [5.41, 5.74) is 0. The normalized spacial score (nSPS) is 10.4. The molecule has 0 bridgehead atoms. The molecule has 0 saturated carbocycles. The van der Waals surface area contributed by atoms with Gasteiger partial charge in [0.15, 0.2) is 0 Å². The molecule has 1 heterocycles. The van der Waals surface area contributed by atoms with Crippen LogP contribution in [-0.4, -0.2) is 34.8 Å². The molecule has 0 atom stereocenters. The fourth-order valence-electron chi connectivity index (χ4n) is 1.59. The molecule has 0 N–H and O–H groups in total. The fourth-order valence-corrected chi connectivity index (χ4v) is 1.59. The van der Waals surface area contributed by atoms with E-state index in [0.29, 0.717) is 31.7 Å². The average molecular weight is 356 g/mol. The van der Waals surface area contributed by atoms with Crippen molar-refractivity contribution in [2.24, 2.45) is 11.8 Å². The van der Waals surface area contributed by atoms with E-state index in [1.54, 1.807) is 0 Å². The van der Waals surface area contributed by atoms with Gasteiger partial charge >= 0.3 is 18.0 Å². The van der Waals surface area contributed by atoms with Crippen molar-refractivity contribution in [3.63, 3.8) is 0 Å². The van der Waals surface area contributed by atoms with Gasteiger partial charge in [-0.15, -0.1) is 15.0 Å². The molecule has 0 aliphatic heterocycles. The first-order valence-corrected chi connectivity index (χ1v) is 9.65. The van der Waals surface area contributed by atoms with Gasteiger partial charge in [-0.1, -0.05) is 54.9 Å². The topological polar surface area (TPSA) is 66.4 Å². The van der Waals surface area contributed by atoms with E-state index in [2.05, 4.69) is 49.6 Å². The van der Waals surface area contributed by atoms with Gasteiger partial charge in [-0.05, 0) is 31.1 Å². The van der Waals surface area contributed by atoms with Crippen LogP contribution in [0.4, 0.5) is 0 Å². The third-order valence-electron chi connectivity index (χ3n) is 3.16. The second kappa shape index (κ2) is 14.7. The summed E-state index contributed by atoms with van der Waals surface area (Å²) in [6, 6.07) is 0.811. The number of hydrogen-bond donors (Lipinski definition) is 0. The van der Waals surface area contributed by atoms with Crippen molar-refractivity contribution in [3.8, 4) is 18.0 Å². The van der Waals surface area contributed by atoms with Gasteiger partial charge in [0.25, 0.3) is 0 Å².